The average Bonchev–Trinajstić information content (AvgIpc) is 3.37. The molecular weight excluding hydrogens is 392 g/mol. The first-order valence-electron chi connectivity index (χ1n) is 9.03. The first-order valence-corrected chi connectivity index (χ1v) is 9.91. The van der Waals surface area contributed by atoms with Crippen LogP contribution in [0.25, 0.3) is 0 Å². The quantitative estimate of drug-likeness (QED) is 0.561. The second-order valence-electron chi connectivity index (χ2n) is 6.44. The highest BCUT2D eigenvalue weighted by Gasteiger charge is 2.20. The average molecular weight is 414 g/mol. The van der Waals surface area contributed by atoms with Gasteiger partial charge in [-0.15, -0.1) is 11.3 Å². The zero-order chi connectivity index (χ0) is 20.8. The first kappa shape index (κ1) is 20.6. The molecule has 0 radical (unpaired) electrons. The van der Waals surface area contributed by atoms with Gasteiger partial charge in [0.25, 0.3) is 5.91 Å². The first-order chi connectivity index (χ1) is 14.0. The van der Waals surface area contributed by atoms with E-state index in [4.69, 9.17) is 14.0 Å². The van der Waals surface area contributed by atoms with Crippen molar-refractivity contribution in [1.82, 2.24) is 10.5 Å². The molecule has 29 heavy (non-hydrogen) atoms. The molecule has 0 bridgehead atoms. The highest BCUT2D eigenvalue weighted by Crippen LogP contribution is 2.23. The molecule has 1 N–H and O–H groups in total. The Hall–Kier alpha value is -3.13. The maximum absolute atomic E-state index is 12.6. The minimum Gasteiger partial charge on any atom is -0.489 e. The number of benzene rings is 1. The van der Waals surface area contributed by atoms with Gasteiger partial charge in [-0.05, 0) is 49.6 Å². The van der Waals surface area contributed by atoms with E-state index < -0.39 is 6.04 Å². The summed E-state index contributed by atoms with van der Waals surface area (Å²) in [4.78, 5) is 25.2. The fourth-order valence-electron chi connectivity index (χ4n) is 2.77. The number of nitrogens with zero attached hydrogens (tertiary/aromatic N) is 1. The van der Waals surface area contributed by atoms with Crippen LogP contribution in [0.2, 0.25) is 0 Å². The Morgan fingerprint density at radius 1 is 1.21 bits per heavy atom. The molecule has 152 valence electrons. The van der Waals surface area contributed by atoms with Gasteiger partial charge in [0.1, 0.15) is 18.1 Å². The van der Waals surface area contributed by atoms with Crippen LogP contribution in [0.4, 0.5) is 0 Å². The molecule has 1 unspecified atom stereocenters. The van der Waals surface area contributed by atoms with Gasteiger partial charge in [-0.25, -0.2) is 0 Å². The van der Waals surface area contributed by atoms with Crippen LogP contribution in [0.1, 0.15) is 44.7 Å². The Kier molecular flexibility index (Phi) is 6.66. The summed E-state index contributed by atoms with van der Waals surface area (Å²) >= 11 is 1.48. The van der Waals surface area contributed by atoms with Crippen molar-refractivity contribution in [3.05, 3.63) is 69.2 Å². The number of aryl methyl sites for hydroxylation is 2. The zero-order valence-electron chi connectivity index (χ0n) is 16.4. The Labute approximate surface area is 172 Å². The van der Waals surface area contributed by atoms with Gasteiger partial charge in [0, 0.05) is 10.4 Å². The fraction of sp³-hybridized carbons (Fsp3) is 0.286. The number of esters is 1. The molecule has 0 aliphatic carbocycles. The third-order valence-electron chi connectivity index (χ3n) is 4.47. The number of hydrogen-bond donors (Lipinski definition) is 1. The van der Waals surface area contributed by atoms with Crippen LogP contribution >= 0.6 is 11.3 Å². The van der Waals surface area contributed by atoms with E-state index in [1.54, 1.807) is 24.3 Å². The number of carbonyl (C=O) groups is 2. The maximum Gasteiger partial charge on any atom is 0.307 e. The van der Waals surface area contributed by atoms with Crippen LogP contribution in [-0.4, -0.2) is 24.1 Å². The van der Waals surface area contributed by atoms with Crippen LogP contribution in [0.3, 0.4) is 0 Å². The molecular formula is C21H22N2O5S. The van der Waals surface area contributed by atoms with E-state index in [0.717, 1.165) is 21.9 Å². The van der Waals surface area contributed by atoms with Crippen molar-refractivity contribution in [2.75, 3.05) is 7.11 Å². The third-order valence-corrected chi connectivity index (χ3v) is 5.46. The zero-order valence-corrected chi connectivity index (χ0v) is 17.2. The number of aromatic nitrogens is 1. The monoisotopic (exact) mass is 414 g/mol. The van der Waals surface area contributed by atoms with Crippen LogP contribution in [0.5, 0.6) is 5.75 Å². The summed E-state index contributed by atoms with van der Waals surface area (Å²) in [6, 6.07) is 10.1. The van der Waals surface area contributed by atoms with Crippen molar-refractivity contribution < 1.29 is 23.6 Å². The van der Waals surface area contributed by atoms with E-state index in [9.17, 15) is 9.59 Å². The number of nitrogens with one attached hydrogen (secondary N) is 1. The van der Waals surface area contributed by atoms with Gasteiger partial charge in [-0.2, -0.15) is 0 Å². The van der Waals surface area contributed by atoms with Gasteiger partial charge >= 0.3 is 5.97 Å². The summed E-state index contributed by atoms with van der Waals surface area (Å²) in [6.07, 6.45) is 0.0708. The molecule has 0 saturated carbocycles. The molecule has 2 aromatic heterocycles. The molecule has 1 amide bonds. The molecule has 1 atom stereocenters. The third kappa shape index (κ3) is 5.23. The number of amides is 1. The van der Waals surface area contributed by atoms with E-state index in [2.05, 4.69) is 10.5 Å². The van der Waals surface area contributed by atoms with Crippen molar-refractivity contribution in [1.29, 1.82) is 0 Å². The largest absolute Gasteiger partial charge is 0.489 e. The lowest BCUT2D eigenvalue weighted by Crippen LogP contribution is -2.30. The number of methoxy groups -OCH3 is 1. The Bertz CT molecular complexity index is 944. The highest BCUT2D eigenvalue weighted by atomic mass is 32.1. The molecule has 0 aliphatic rings. The van der Waals surface area contributed by atoms with Crippen LogP contribution in [0.15, 0.2) is 46.3 Å². The van der Waals surface area contributed by atoms with Crippen molar-refractivity contribution in [3.63, 3.8) is 0 Å². The van der Waals surface area contributed by atoms with Gasteiger partial charge in [-0.3, -0.25) is 9.59 Å². The number of hydrogen-bond acceptors (Lipinski definition) is 7. The van der Waals surface area contributed by atoms with Crippen molar-refractivity contribution in [2.24, 2.45) is 0 Å². The van der Waals surface area contributed by atoms with E-state index in [0.29, 0.717) is 17.9 Å². The lowest BCUT2D eigenvalue weighted by atomic mass is 10.1. The lowest BCUT2D eigenvalue weighted by Gasteiger charge is -2.16. The summed E-state index contributed by atoms with van der Waals surface area (Å²) in [5.74, 6) is 0.700. The van der Waals surface area contributed by atoms with Crippen LogP contribution < -0.4 is 10.1 Å². The molecule has 0 fully saturated rings. The van der Waals surface area contributed by atoms with Crippen molar-refractivity contribution >= 4 is 23.2 Å². The van der Waals surface area contributed by atoms with Gasteiger partial charge < -0.3 is 19.3 Å². The number of rotatable bonds is 8. The summed E-state index contributed by atoms with van der Waals surface area (Å²) < 4.78 is 15.6. The second kappa shape index (κ2) is 9.38. The second-order valence-corrected chi connectivity index (χ2v) is 7.42. The normalized spacial score (nSPS) is 11.7. The summed E-state index contributed by atoms with van der Waals surface area (Å²) in [6.45, 7) is 4.04. The van der Waals surface area contributed by atoms with Gasteiger partial charge in [0.05, 0.1) is 30.8 Å². The topological polar surface area (TPSA) is 90.7 Å². The minimum absolute atomic E-state index is 0.0708. The maximum atomic E-state index is 12.6. The molecule has 8 heteroatoms. The predicted molar refractivity (Wildman–Crippen MR) is 108 cm³/mol. The summed E-state index contributed by atoms with van der Waals surface area (Å²) in [5, 5.41) is 8.70. The molecule has 3 rings (SSSR count). The SMILES string of the molecule is COC(=O)CC(NC(=O)c1ccc(OCc2c(C)noc2C)cc1)c1cccs1. The molecule has 0 saturated heterocycles. The number of ether oxygens (including phenoxy) is 2. The highest BCUT2D eigenvalue weighted by molar-refractivity contribution is 7.10. The fourth-order valence-corrected chi connectivity index (χ4v) is 3.55. The summed E-state index contributed by atoms with van der Waals surface area (Å²) in [7, 11) is 1.33. The Morgan fingerprint density at radius 3 is 2.55 bits per heavy atom. The molecule has 0 spiro atoms. The minimum atomic E-state index is -0.439. The lowest BCUT2D eigenvalue weighted by molar-refractivity contribution is -0.141. The van der Waals surface area contributed by atoms with Crippen LogP contribution in [0, 0.1) is 13.8 Å². The number of carbonyl (C=O) groups excluding carboxylic acids is 2. The van der Waals surface area contributed by atoms with Crippen molar-refractivity contribution in [2.45, 2.75) is 32.9 Å². The smallest absolute Gasteiger partial charge is 0.307 e. The summed E-state index contributed by atoms with van der Waals surface area (Å²) in [5.41, 5.74) is 2.18. The van der Waals surface area contributed by atoms with Crippen LogP contribution in [-0.2, 0) is 16.1 Å². The van der Waals surface area contributed by atoms with Crippen molar-refractivity contribution in [3.8, 4) is 5.75 Å². The standard InChI is InChI=1S/C21H22N2O5S/c1-13-17(14(2)28-23-13)12-27-16-8-6-15(7-9-16)21(25)22-18(11-20(24)26-3)19-5-4-10-29-19/h4-10,18H,11-12H2,1-3H3,(H,22,25). The molecule has 2 heterocycles. The Morgan fingerprint density at radius 2 is 1.97 bits per heavy atom. The molecule has 3 aromatic rings. The van der Waals surface area contributed by atoms with Gasteiger partial charge in [0.2, 0.25) is 0 Å². The van der Waals surface area contributed by atoms with Gasteiger partial charge in [-0.1, -0.05) is 11.2 Å². The Balaban J connectivity index is 1.63. The van der Waals surface area contributed by atoms with E-state index in [1.807, 2.05) is 31.4 Å². The number of thiophene rings is 1. The molecule has 0 aliphatic heterocycles. The molecule has 7 nitrogen and oxygen atoms in total. The predicted octanol–water partition coefficient (Wildman–Crippen LogP) is 3.97. The van der Waals surface area contributed by atoms with E-state index in [-0.39, 0.29) is 18.3 Å². The molecule has 1 aromatic carbocycles. The van der Waals surface area contributed by atoms with E-state index in [1.165, 1.54) is 18.4 Å². The van der Waals surface area contributed by atoms with E-state index >= 15 is 0 Å². The van der Waals surface area contributed by atoms with Gasteiger partial charge in [0.15, 0.2) is 0 Å².